The lowest BCUT2D eigenvalue weighted by Crippen LogP contribution is -1.75. The van der Waals surface area contributed by atoms with Gasteiger partial charge < -0.3 is 0 Å². The standard InChI is InChI=1S/C10H11N/c1-2-8-11-9-10-6-4-3-5-7-10/h2-9H,1H3/b8-2-,11-9-. The number of nitrogens with zero attached hydrogens (tertiary/aromatic N) is 1. The van der Waals surface area contributed by atoms with Crippen LogP contribution in [0.3, 0.4) is 0 Å². The van der Waals surface area contributed by atoms with Gasteiger partial charge in [0.2, 0.25) is 0 Å². The second kappa shape index (κ2) is 4.45. The van der Waals surface area contributed by atoms with E-state index in [0.29, 0.717) is 0 Å². The third-order valence-corrected chi connectivity index (χ3v) is 1.26. The number of benzene rings is 1. The molecule has 0 aliphatic carbocycles. The molecular formula is C10H11N. The summed E-state index contributed by atoms with van der Waals surface area (Å²) in [5.74, 6) is 0. The Hall–Kier alpha value is -1.37. The lowest BCUT2D eigenvalue weighted by molar-refractivity contribution is 1.53. The maximum atomic E-state index is 4.05. The van der Waals surface area contributed by atoms with Crippen LogP contribution < -0.4 is 0 Å². The second-order valence-electron chi connectivity index (χ2n) is 2.17. The molecule has 0 unspecified atom stereocenters. The molecule has 0 amide bonds. The number of hydrogen-bond acceptors (Lipinski definition) is 1. The molecule has 0 saturated heterocycles. The van der Waals surface area contributed by atoms with Gasteiger partial charge in [-0.25, -0.2) is 0 Å². The summed E-state index contributed by atoms with van der Waals surface area (Å²) in [4.78, 5) is 4.05. The van der Waals surface area contributed by atoms with Gasteiger partial charge in [0.15, 0.2) is 0 Å². The number of hydrogen-bond donors (Lipinski definition) is 0. The van der Waals surface area contributed by atoms with Gasteiger partial charge in [-0.05, 0) is 12.5 Å². The first-order valence-corrected chi connectivity index (χ1v) is 3.63. The first kappa shape index (κ1) is 7.73. The van der Waals surface area contributed by atoms with Gasteiger partial charge in [-0.1, -0.05) is 36.4 Å². The second-order valence-corrected chi connectivity index (χ2v) is 2.17. The average Bonchev–Trinajstić information content (AvgIpc) is 2.07. The minimum atomic E-state index is 1.13. The molecule has 1 aromatic rings. The van der Waals surface area contributed by atoms with Crippen LogP contribution in [-0.4, -0.2) is 6.21 Å². The molecule has 1 nitrogen and oxygen atoms in total. The van der Waals surface area contributed by atoms with Crippen LogP contribution in [0.15, 0.2) is 47.6 Å². The van der Waals surface area contributed by atoms with E-state index in [2.05, 4.69) is 4.99 Å². The summed E-state index contributed by atoms with van der Waals surface area (Å²) in [6, 6.07) is 10.0. The molecule has 0 heterocycles. The summed E-state index contributed by atoms with van der Waals surface area (Å²) in [5.41, 5.74) is 1.13. The van der Waals surface area contributed by atoms with E-state index in [4.69, 9.17) is 0 Å². The summed E-state index contributed by atoms with van der Waals surface area (Å²) < 4.78 is 0. The Morgan fingerprint density at radius 2 is 1.91 bits per heavy atom. The van der Waals surface area contributed by atoms with E-state index < -0.39 is 0 Å². The zero-order valence-corrected chi connectivity index (χ0v) is 6.57. The largest absolute Gasteiger partial charge is 0.264 e. The van der Waals surface area contributed by atoms with Crippen LogP contribution >= 0.6 is 0 Å². The Balaban J connectivity index is 2.64. The van der Waals surface area contributed by atoms with Gasteiger partial charge in [-0.2, -0.15) is 0 Å². The fraction of sp³-hybridized carbons (Fsp3) is 0.100. The van der Waals surface area contributed by atoms with Gasteiger partial charge in [-0.3, -0.25) is 4.99 Å². The molecule has 0 bridgehead atoms. The van der Waals surface area contributed by atoms with Gasteiger partial charge >= 0.3 is 0 Å². The molecular weight excluding hydrogens is 134 g/mol. The highest BCUT2D eigenvalue weighted by Gasteiger charge is 1.79. The highest BCUT2D eigenvalue weighted by atomic mass is 14.7. The van der Waals surface area contributed by atoms with Gasteiger partial charge in [0, 0.05) is 12.4 Å². The zero-order chi connectivity index (χ0) is 7.94. The van der Waals surface area contributed by atoms with Crippen molar-refractivity contribution in [2.75, 3.05) is 0 Å². The third-order valence-electron chi connectivity index (χ3n) is 1.26. The maximum Gasteiger partial charge on any atom is 0.0340 e. The normalized spacial score (nSPS) is 11.4. The van der Waals surface area contributed by atoms with Crippen molar-refractivity contribution < 1.29 is 0 Å². The van der Waals surface area contributed by atoms with Crippen LogP contribution in [0.5, 0.6) is 0 Å². The zero-order valence-electron chi connectivity index (χ0n) is 6.57. The molecule has 0 spiro atoms. The van der Waals surface area contributed by atoms with E-state index >= 15 is 0 Å². The summed E-state index contributed by atoms with van der Waals surface area (Å²) in [6.45, 7) is 1.95. The molecule has 1 aromatic carbocycles. The van der Waals surface area contributed by atoms with Crippen LogP contribution in [0.2, 0.25) is 0 Å². The Bertz CT molecular complexity index is 247. The molecule has 0 fully saturated rings. The third kappa shape index (κ3) is 2.80. The van der Waals surface area contributed by atoms with Crippen molar-refractivity contribution in [3.8, 4) is 0 Å². The van der Waals surface area contributed by atoms with E-state index in [0.717, 1.165) is 5.56 Å². The predicted octanol–water partition coefficient (Wildman–Crippen LogP) is 2.64. The van der Waals surface area contributed by atoms with Crippen LogP contribution in [0.25, 0.3) is 0 Å². The molecule has 0 saturated carbocycles. The smallest absolute Gasteiger partial charge is 0.0340 e. The molecule has 0 radical (unpaired) electrons. The van der Waals surface area contributed by atoms with Crippen LogP contribution in [-0.2, 0) is 0 Å². The molecule has 1 rings (SSSR count). The van der Waals surface area contributed by atoms with Crippen molar-refractivity contribution in [1.82, 2.24) is 0 Å². The van der Waals surface area contributed by atoms with Crippen LogP contribution in [0.1, 0.15) is 12.5 Å². The fourth-order valence-electron chi connectivity index (χ4n) is 0.754. The quantitative estimate of drug-likeness (QED) is 0.567. The lowest BCUT2D eigenvalue weighted by Gasteiger charge is -1.86. The average molecular weight is 145 g/mol. The van der Waals surface area contributed by atoms with E-state index in [1.54, 1.807) is 6.20 Å². The Labute approximate surface area is 67.1 Å². The van der Waals surface area contributed by atoms with Gasteiger partial charge in [0.05, 0.1) is 0 Å². The first-order chi connectivity index (χ1) is 5.43. The highest BCUT2D eigenvalue weighted by Crippen LogP contribution is 1.93. The molecule has 1 heteroatoms. The van der Waals surface area contributed by atoms with Crippen molar-refractivity contribution in [2.24, 2.45) is 4.99 Å². The number of allylic oxidation sites excluding steroid dienone is 1. The first-order valence-electron chi connectivity index (χ1n) is 3.63. The fourth-order valence-corrected chi connectivity index (χ4v) is 0.754. The lowest BCUT2D eigenvalue weighted by atomic mass is 10.2. The summed E-state index contributed by atoms with van der Waals surface area (Å²) >= 11 is 0. The Morgan fingerprint density at radius 1 is 1.18 bits per heavy atom. The molecule has 0 aliphatic rings. The highest BCUT2D eigenvalue weighted by molar-refractivity contribution is 5.79. The number of aliphatic imine (C=N–C) groups is 1. The summed E-state index contributed by atoms with van der Waals surface area (Å²) in [6.07, 6.45) is 5.51. The molecule has 0 N–H and O–H groups in total. The van der Waals surface area contributed by atoms with Crippen molar-refractivity contribution in [3.05, 3.63) is 48.2 Å². The van der Waals surface area contributed by atoms with Gasteiger partial charge in [-0.15, -0.1) is 0 Å². The molecule has 0 aromatic heterocycles. The van der Waals surface area contributed by atoms with Crippen LogP contribution in [0.4, 0.5) is 0 Å². The molecule has 0 aliphatic heterocycles. The van der Waals surface area contributed by atoms with Gasteiger partial charge in [0.25, 0.3) is 0 Å². The predicted molar refractivity (Wildman–Crippen MR) is 48.9 cm³/mol. The maximum absolute atomic E-state index is 4.05. The van der Waals surface area contributed by atoms with E-state index in [1.807, 2.05) is 49.5 Å². The van der Waals surface area contributed by atoms with Crippen molar-refractivity contribution in [3.63, 3.8) is 0 Å². The monoisotopic (exact) mass is 145 g/mol. The van der Waals surface area contributed by atoms with Crippen molar-refractivity contribution in [1.29, 1.82) is 0 Å². The molecule has 0 atom stereocenters. The topological polar surface area (TPSA) is 12.4 Å². The summed E-state index contributed by atoms with van der Waals surface area (Å²) in [7, 11) is 0. The number of rotatable bonds is 2. The van der Waals surface area contributed by atoms with Crippen molar-refractivity contribution >= 4 is 6.21 Å². The van der Waals surface area contributed by atoms with Crippen molar-refractivity contribution in [2.45, 2.75) is 6.92 Å². The summed E-state index contributed by atoms with van der Waals surface area (Å²) in [5, 5.41) is 0. The minimum Gasteiger partial charge on any atom is -0.264 e. The molecule has 56 valence electrons. The van der Waals surface area contributed by atoms with Crippen LogP contribution in [0, 0.1) is 0 Å². The van der Waals surface area contributed by atoms with Gasteiger partial charge in [0.1, 0.15) is 0 Å². The Kier molecular flexibility index (Phi) is 3.13. The van der Waals surface area contributed by atoms with E-state index in [-0.39, 0.29) is 0 Å². The SMILES string of the molecule is C/C=C\N=C/c1ccccc1. The Morgan fingerprint density at radius 3 is 2.55 bits per heavy atom. The van der Waals surface area contributed by atoms with E-state index in [9.17, 15) is 0 Å². The minimum absolute atomic E-state index is 1.13. The molecule has 11 heavy (non-hydrogen) atoms. The van der Waals surface area contributed by atoms with E-state index in [1.165, 1.54) is 0 Å².